The highest BCUT2D eigenvalue weighted by atomic mass is 32.2. The van der Waals surface area contributed by atoms with Crippen LogP contribution < -0.4 is 10.1 Å². The molecule has 0 bridgehead atoms. The number of fused-ring (bicyclic) bond motifs is 1. The highest BCUT2D eigenvalue weighted by Crippen LogP contribution is 2.27. The van der Waals surface area contributed by atoms with Crippen molar-refractivity contribution in [3.05, 3.63) is 83.2 Å². The molecule has 6 nitrogen and oxygen atoms in total. The summed E-state index contributed by atoms with van der Waals surface area (Å²) in [6, 6.07) is 13.3. The van der Waals surface area contributed by atoms with Crippen LogP contribution in [0.15, 0.2) is 76.8 Å². The standard InChI is InChI=1S/C23H19FN2O4S2/c1-2-30-20-12-18(7-8-19(20)24)32(28,29)17-5-3-15(4-6-17)13-26-23(27)21-11-16-9-10-25-14-22(16)31-21/h3-12,14H,2,13H2,1H3,(H,26,27). The summed E-state index contributed by atoms with van der Waals surface area (Å²) in [4.78, 5) is 17.1. The van der Waals surface area contributed by atoms with Crippen molar-refractivity contribution < 1.29 is 22.3 Å². The van der Waals surface area contributed by atoms with E-state index in [-0.39, 0.29) is 34.6 Å². The number of hydrogen-bond acceptors (Lipinski definition) is 6. The van der Waals surface area contributed by atoms with E-state index in [9.17, 15) is 17.6 Å². The maximum atomic E-state index is 13.8. The summed E-state index contributed by atoms with van der Waals surface area (Å²) in [5, 5.41) is 3.79. The van der Waals surface area contributed by atoms with Crippen molar-refractivity contribution in [1.82, 2.24) is 10.3 Å². The number of sulfone groups is 1. The van der Waals surface area contributed by atoms with E-state index >= 15 is 0 Å². The smallest absolute Gasteiger partial charge is 0.261 e. The number of ether oxygens (including phenoxy) is 1. The number of carbonyl (C=O) groups is 1. The second kappa shape index (κ2) is 9.05. The minimum atomic E-state index is -3.84. The fourth-order valence-electron chi connectivity index (χ4n) is 3.11. The first-order valence-electron chi connectivity index (χ1n) is 9.76. The Hall–Kier alpha value is -3.30. The van der Waals surface area contributed by atoms with Crippen molar-refractivity contribution in [1.29, 1.82) is 0 Å². The number of thiophene rings is 1. The van der Waals surface area contributed by atoms with E-state index in [4.69, 9.17) is 4.74 Å². The molecule has 1 amide bonds. The molecule has 0 aliphatic rings. The van der Waals surface area contributed by atoms with Crippen molar-refractivity contribution >= 4 is 37.2 Å². The van der Waals surface area contributed by atoms with E-state index in [0.717, 1.165) is 21.7 Å². The van der Waals surface area contributed by atoms with Gasteiger partial charge in [0, 0.05) is 25.0 Å². The summed E-state index contributed by atoms with van der Waals surface area (Å²) < 4.78 is 45.7. The largest absolute Gasteiger partial charge is 0.491 e. The lowest BCUT2D eigenvalue weighted by Crippen LogP contribution is -2.21. The molecule has 0 spiro atoms. The van der Waals surface area contributed by atoms with Crippen LogP contribution >= 0.6 is 11.3 Å². The number of hydrogen-bond donors (Lipinski definition) is 1. The zero-order chi connectivity index (χ0) is 22.7. The Morgan fingerprint density at radius 1 is 1.09 bits per heavy atom. The topological polar surface area (TPSA) is 85.4 Å². The van der Waals surface area contributed by atoms with Gasteiger partial charge in [-0.25, -0.2) is 12.8 Å². The van der Waals surface area contributed by atoms with Gasteiger partial charge in [0.25, 0.3) is 5.91 Å². The maximum Gasteiger partial charge on any atom is 0.261 e. The van der Waals surface area contributed by atoms with Gasteiger partial charge >= 0.3 is 0 Å². The quantitative estimate of drug-likeness (QED) is 0.399. The second-order valence-electron chi connectivity index (χ2n) is 6.88. The van der Waals surface area contributed by atoms with Crippen LogP contribution in [-0.4, -0.2) is 25.9 Å². The molecule has 0 saturated carbocycles. The minimum Gasteiger partial charge on any atom is -0.491 e. The van der Waals surface area contributed by atoms with Gasteiger partial charge in [0.05, 0.1) is 26.0 Å². The fraction of sp³-hybridized carbons (Fsp3) is 0.130. The van der Waals surface area contributed by atoms with E-state index in [1.807, 2.05) is 12.1 Å². The van der Waals surface area contributed by atoms with Crippen LogP contribution in [-0.2, 0) is 16.4 Å². The first-order valence-corrected chi connectivity index (χ1v) is 12.1. The van der Waals surface area contributed by atoms with Crippen LogP contribution in [0.3, 0.4) is 0 Å². The predicted molar refractivity (Wildman–Crippen MR) is 120 cm³/mol. The molecular formula is C23H19FN2O4S2. The number of benzene rings is 2. The highest BCUT2D eigenvalue weighted by molar-refractivity contribution is 7.91. The van der Waals surface area contributed by atoms with Crippen molar-refractivity contribution in [2.75, 3.05) is 6.61 Å². The Bertz CT molecular complexity index is 1350. The molecule has 2 heterocycles. The minimum absolute atomic E-state index is 0.0531. The molecule has 4 aromatic rings. The lowest BCUT2D eigenvalue weighted by Gasteiger charge is -2.10. The fourth-order valence-corrected chi connectivity index (χ4v) is 5.33. The predicted octanol–water partition coefficient (Wildman–Crippen LogP) is 4.60. The third-order valence-electron chi connectivity index (χ3n) is 4.75. The number of amides is 1. The lowest BCUT2D eigenvalue weighted by molar-refractivity contribution is 0.0955. The Labute approximate surface area is 188 Å². The maximum absolute atomic E-state index is 13.8. The molecule has 164 valence electrons. The highest BCUT2D eigenvalue weighted by Gasteiger charge is 2.20. The molecule has 4 rings (SSSR count). The van der Waals surface area contributed by atoms with Crippen molar-refractivity contribution in [3.8, 4) is 5.75 Å². The number of aromatic nitrogens is 1. The van der Waals surface area contributed by atoms with Crippen molar-refractivity contribution in [2.24, 2.45) is 0 Å². The molecule has 9 heteroatoms. The van der Waals surface area contributed by atoms with Crippen LogP contribution in [0.2, 0.25) is 0 Å². The third-order valence-corrected chi connectivity index (χ3v) is 7.60. The van der Waals surface area contributed by atoms with E-state index in [1.165, 1.54) is 35.6 Å². The molecule has 0 aliphatic carbocycles. The van der Waals surface area contributed by atoms with Crippen LogP contribution in [0.25, 0.3) is 10.1 Å². The lowest BCUT2D eigenvalue weighted by atomic mass is 10.2. The molecule has 0 aliphatic heterocycles. The summed E-state index contributed by atoms with van der Waals surface area (Å²) in [7, 11) is -3.84. The SMILES string of the molecule is CCOc1cc(S(=O)(=O)c2ccc(CNC(=O)c3cc4ccncc4s3)cc2)ccc1F. The number of nitrogens with one attached hydrogen (secondary N) is 1. The van der Waals surface area contributed by atoms with Gasteiger partial charge in [-0.3, -0.25) is 9.78 Å². The van der Waals surface area contributed by atoms with Crippen molar-refractivity contribution in [2.45, 2.75) is 23.3 Å². The van der Waals surface area contributed by atoms with E-state index in [1.54, 1.807) is 31.5 Å². The number of rotatable bonds is 7. The summed E-state index contributed by atoms with van der Waals surface area (Å²) >= 11 is 1.36. The van der Waals surface area contributed by atoms with Crippen LogP contribution in [0.5, 0.6) is 5.75 Å². The zero-order valence-electron chi connectivity index (χ0n) is 17.0. The van der Waals surface area contributed by atoms with Gasteiger partial charge in [-0.1, -0.05) is 12.1 Å². The zero-order valence-corrected chi connectivity index (χ0v) is 18.7. The van der Waals surface area contributed by atoms with Crippen molar-refractivity contribution in [3.63, 3.8) is 0 Å². The summed E-state index contributed by atoms with van der Waals surface area (Å²) in [5.74, 6) is -0.936. The van der Waals surface area contributed by atoms with E-state index in [0.29, 0.717) is 4.88 Å². The van der Waals surface area contributed by atoms with Gasteiger partial charge in [-0.15, -0.1) is 11.3 Å². The van der Waals surface area contributed by atoms with Gasteiger partial charge in [-0.2, -0.15) is 0 Å². The Morgan fingerprint density at radius 3 is 2.56 bits per heavy atom. The van der Waals surface area contributed by atoms with Gasteiger partial charge in [0.15, 0.2) is 11.6 Å². The molecule has 0 radical (unpaired) electrons. The molecule has 2 aromatic heterocycles. The van der Waals surface area contributed by atoms with Crippen LogP contribution in [0.4, 0.5) is 4.39 Å². The van der Waals surface area contributed by atoms with Gasteiger partial charge < -0.3 is 10.1 Å². The first-order chi connectivity index (χ1) is 15.4. The monoisotopic (exact) mass is 470 g/mol. The second-order valence-corrected chi connectivity index (χ2v) is 9.91. The number of pyridine rings is 1. The normalized spacial score (nSPS) is 11.4. The molecule has 0 fully saturated rings. The summed E-state index contributed by atoms with van der Waals surface area (Å²) in [6.07, 6.45) is 3.39. The number of carbonyl (C=O) groups excluding carboxylic acids is 1. The van der Waals surface area contributed by atoms with Crippen LogP contribution in [0.1, 0.15) is 22.2 Å². The molecule has 0 atom stereocenters. The molecule has 0 unspecified atom stereocenters. The molecule has 32 heavy (non-hydrogen) atoms. The Balaban J connectivity index is 1.46. The van der Waals surface area contributed by atoms with Crippen LogP contribution in [0, 0.1) is 5.82 Å². The molecule has 1 N–H and O–H groups in total. The first kappa shape index (κ1) is 21.9. The molecule has 2 aromatic carbocycles. The van der Waals surface area contributed by atoms with E-state index < -0.39 is 15.7 Å². The number of halogens is 1. The Morgan fingerprint density at radius 2 is 1.84 bits per heavy atom. The van der Waals surface area contributed by atoms with Gasteiger partial charge in [-0.05, 0) is 54.3 Å². The van der Waals surface area contributed by atoms with Gasteiger partial charge in [0.1, 0.15) is 0 Å². The third kappa shape index (κ3) is 4.49. The summed E-state index contributed by atoms with van der Waals surface area (Å²) in [5.41, 5.74) is 0.745. The Kier molecular flexibility index (Phi) is 6.20. The van der Waals surface area contributed by atoms with Gasteiger partial charge in [0.2, 0.25) is 9.84 Å². The van der Waals surface area contributed by atoms with E-state index in [2.05, 4.69) is 10.3 Å². The number of nitrogens with zero attached hydrogens (tertiary/aromatic N) is 1. The average molecular weight is 471 g/mol. The summed E-state index contributed by atoms with van der Waals surface area (Å²) in [6.45, 7) is 2.16. The molecule has 0 saturated heterocycles. The molecular weight excluding hydrogens is 451 g/mol. The average Bonchev–Trinajstić information content (AvgIpc) is 3.24.